The minimum atomic E-state index is -0.511. The highest BCUT2D eigenvalue weighted by atomic mass is 32.1. The number of carbonyl (C=O) groups is 2. The van der Waals surface area contributed by atoms with Crippen LogP contribution >= 0.6 is 11.3 Å². The number of amides is 2. The van der Waals surface area contributed by atoms with Gasteiger partial charge in [0, 0.05) is 10.3 Å². The number of furan rings is 1. The third-order valence-electron chi connectivity index (χ3n) is 4.94. The number of ether oxygens (including phenoxy) is 1. The summed E-state index contributed by atoms with van der Waals surface area (Å²) in [6.07, 6.45) is 2.72. The molecule has 0 aliphatic heterocycles. The van der Waals surface area contributed by atoms with Gasteiger partial charge in [-0.3, -0.25) is 9.59 Å². The summed E-state index contributed by atoms with van der Waals surface area (Å²) in [7, 11) is 1.55. The van der Waals surface area contributed by atoms with Crippen LogP contribution < -0.4 is 15.8 Å². The first-order valence-electron chi connectivity index (χ1n) is 8.80. The highest BCUT2D eigenvalue weighted by Crippen LogP contribution is 2.39. The van der Waals surface area contributed by atoms with Crippen LogP contribution in [0.2, 0.25) is 0 Å². The first-order chi connectivity index (χ1) is 13.0. The Morgan fingerprint density at radius 2 is 2.19 bits per heavy atom. The van der Waals surface area contributed by atoms with Crippen molar-refractivity contribution in [2.24, 2.45) is 11.7 Å². The lowest BCUT2D eigenvalue weighted by Gasteiger charge is -2.18. The van der Waals surface area contributed by atoms with Crippen LogP contribution in [0.25, 0.3) is 11.0 Å². The van der Waals surface area contributed by atoms with Gasteiger partial charge in [-0.15, -0.1) is 11.3 Å². The summed E-state index contributed by atoms with van der Waals surface area (Å²) in [4.78, 5) is 25.9. The quantitative estimate of drug-likeness (QED) is 0.711. The minimum absolute atomic E-state index is 0.157. The van der Waals surface area contributed by atoms with E-state index in [0.717, 1.165) is 35.1 Å². The molecule has 1 atom stereocenters. The number of hydrogen-bond acceptors (Lipinski definition) is 5. The zero-order valence-corrected chi connectivity index (χ0v) is 15.9. The average Bonchev–Trinajstić information content (AvgIpc) is 3.21. The van der Waals surface area contributed by atoms with E-state index in [4.69, 9.17) is 14.9 Å². The number of benzene rings is 1. The van der Waals surface area contributed by atoms with Crippen molar-refractivity contribution in [3.8, 4) is 5.75 Å². The molecular weight excluding hydrogens is 364 g/mol. The predicted octanol–water partition coefficient (Wildman–Crippen LogP) is 3.98. The van der Waals surface area contributed by atoms with E-state index < -0.39 is 11.8 Å². The molecule has 4 rings (SSSR count). The summed E-state index contributed by atoms with van der Waals surface area (Å²) >= 11 is 1.43. The number of carbonyl (C=O) groups excluding carboxylic acids is 2. The van der Waals surface area contributed by atoms with Gasteiger partial charge in [-0.25, -0.2) is 0 Å². The normalized spacial score (nSPS) is 16.1. The molecule has 140 valence electrons. The van der Waals surface area contributed by atoms with Crippen molar-refractivity contribution < 1.29 is 18.7 Å². The van der Waals surface area contributed by atoms with Crippen LogP contribution in [-0.2, 0) is 12.8 Å². The highest BCUT2D eigenvalue weighted by Gasteiger charge is 2.28. The van der Waals surface area contributed by atoms with Crippen LogP contribution in [0.5, 0.6) is 5.75 Å². The number of thiophene rings is 1. The number of para-hydroxylation sites is 1. The van der Waals surface area contributed by atoms with Gasteiger partial charge in [0.1, 0.15) is 5.00 Å². The standard InChI is InChI=1S/C20H20N2O4S/c1-10-6-7-12-15(8-10)27-20(16(12)18(21)23)22-19(24)14-9-11-4-3-5-13(25-2)17(11)26-14/h3-5,9-10H,6-8H2,1-2H3,(H2,21,23)(H,22,24)/t10-/m0/s1. The molecule has 3 aromatic rings. The molecule has 3 N–H and O–H groups in total. The first-order valence-corrected chi connectivity index (χ1v) is 9.61. The average molecular weight is 384 g/mol. The van der Waals surface area contributed by atoms with E-state index in [-0.39, 0.29) is 5.76 Å². The second-order valence-electron chi connectivity index (χ2n) is 6.86. The molecule has 0 radical (unpaired) electrons. The lowest BCUT2D eigenvalue weighted by Crippen LogP contribution is -2.19. The molecule has 7 heteroatoms. The maximum Gasteiger partial charge on any atom is 0.292 e. The Morgan fingerprint density at radius 1 is 1.37 bits per heavy atom. The second-order valence-corrected chi connectivity index (χ2v) is 7.97. The van der Waals surface area contributed by atoms with Gasteiger partial charge in [0.05, 0.1) is 12.7 Å². The van der Waals surface area contributed by atoms with Crippen molar-refractivity contribution in [2.45, 2.75) is 26.2 Å². The Bertz CT molecular complexity index is 1050. The van der Waals surface area contributed by atoms with E-state index in [1.54, 1.807) is 19.2 Å². The molecule has 2 aromatic heterocycles. The number of methoxy groups -OCH3 is 1. The number of nitrogens with two attached hydrogens (primary N) is 1. The maximum absolute atomic E-state index is 12.7. The minimum Gasteiger partial charge on any atom is -0.493 e. The first kappa shape index (κ1) is 17.6. The topological polar surface area (TPSA) is 94.6 Å². The molecule has 1 aliphatic carbocycles. The van der Waals surface area contributed by atoms with E-state index in [0.29, 0.717) is 27.8 Å². The molecule has 2 amide bonds. The van der Waals surface area contributed by atoms with E-state index in [9.17, 15) is 9.59 Å². The summed E-state index contributed by atoms with van der Waals surface area (Å²) in [5, 5.41) is 4.09. The van der Waals surface area contributed by atoms with Gasteiger partial charge in [0.2, 0.25) is 0 Å². The molecule has 0 fully saturated rings. The van der Waals surface area contributed by atoms with Crippen molar-refractivity contribution in [3.63, 3.8) is 0 Å². The van der Waals surface area contributed by atoms with E-state index in [2.05, 4.69) is 12.2 Å². The monoisotopic (exact) mass is 384 g/mol. The summed E-state index contributed by atoms with van der Waals surface area (Å²) < 4.78 is 11.0. The molecule has 0 saturated carbocycles. The maximum atomic E-state index is 12.7. The Morgan fingerprint density at radius 3 is 2.93 bits per heavy atom. The molecule has 6 nitrogen and oxygen atoms in total. The van der Waals surface area contributed by atoms with Crippen molar-refractivity contribution >= 4 is 39.1 Å². The van der Waals surface area contributed by atoms with Crippen molar-refractivity contribution in [3.05, 3.63) is 46.0 Å². The lowest BCUT2D eigenvalue weighted by atomic mass is 9.88. The molecule has 0 bridgehead atoms. The van der Waals surface area contributed by atoms with Crippen LogP contribution in [0, 0.1) is 5.92 Å². The number of nitrogens with one attached hydrogen (secondary N) is 1. The zero-order chi connectivity index (χ0) is 19.1. The Balaban J connectivity index is 1.68. The molecule has 27 heavy (non-hydrogen) atoms. The van der Waals surface area contributed by atoms with Gasteiger partial charge in [-0.1, -0.05) is 19.1 Å². The molecule has 1 aromatic carbocycles. The summed E-state index contributed by atoms with van der Waals surface area (Å²) in [5.41, 5.74) is 7.53. The van der Waals surface area contributed by atoms with E-state index >= 15 is 0 Å². The van der Waals surface area contributed by atoms with Gasteiger partial charge in [-0.2, -0.15) is 0 Å². The fourth-order valence-corrected chi connectivity index (χ4v) is 4.98. The number of rotatable bonds is 4. The predicted molar refractivity (Wildman–Crippen MR) is 105 cm³/mol. The van der Waals surface area contributed by atoms with Gasteiger partial charge in [0.25, 0.3) is 11.8 Å². The zero-order valence-electron chi connectivity index (χ0n) is 15.1. The summed E-state index contributed by atoms with van der Waals surface area (Å²) in [5.74, 6) is 0.351. The fourth-order valence-electron chi connectivity index (χ4n) is 3.57. The molecule has 0 spiro atoms. The molecule has 2 heterocycles. The van der Waals surface area contributed by atoms with Crippen LogP contribution in [-0.4, -0.2) is 18.9 Å². The second kappa shape index (κ2) is 6.74. The van der Waals surface area contributed by atoms with Crippen molar-refractivity contribution in [1.29, 1.82) is 0 Å². The Kier molecular flexibility index (Phi) is 4.39. The molecule has 0 unspecified atom stereocenters. The van der Waals surface area contributed by atoms with Crippen molar-refractivity contribution in [2.75, 3.05) is 12.4 Å². The van der Waals surface area contributed by atoms with Crippen LogP contribution in [0.15, 0.2) is 28.7 Å². The SMILES string of the molecule is COc1cccc2cc(C(=O)Nc3sc4c(c3C(N)=O)CC[C@H](C)C4)oc12. The number of anilines is 1. The van der Waals surface area contributed by atoms with Crippen LogP contribution in [0.1, 0.15) is 44.7 Å². The van der Waals surface area contributed by atoms with E-state index in [1.807, 2.05) is 12.1 Å². The van der Waals surface area contributed by atoms with Crippen molar-refractivity contribution in [1.82, 2.24) is 0 Å². The highest BCUT2D eigenvalue weighted by molar-refractivity contribution is 7.17. The fraction of sp³-hybridized carbons (Fsp3) is 0.300. The third kappa shape index (κ3) is 3.08. The van der Waals surface area contributed by atoms with Gasteiger partial charge in [-0.05, 0) is 42.9 Å². The Labute approximate surface area is 160 Å². The van der Waals surface area contributed by atoms with Crippen LogP contribution in [0.3, 0.4) is 0 Å². The van der Waals surface area contributed by atoms with E-state index in [1.165, 1.54) is 11.3 Å². The molecular formula is C20H20N2O4S. The van der Waals surface area contributed by atoms with Gasteiger partial charge in [0.15, 0.2) is 17.1 Å². The smallest absolute Gasteiger partial charge is 0.292 e. The van der Waals surface area contributed by atoms with Gasteiger partial charge < -0.3 is 20.2 Å². The largest absolute Gasteiger partial charge is 0.493 e. The molecule has 1 aliphatic rings. The third-order valence-corrected chi connectivity index (χ3v) is 6.11. The van der Waals surface area contributed by atoms with Crippen LogP contribution in [0.4, 0.5) is 5.00 Å². The summed E-state index contributed by atoms with van der Waals surface area (Å²) in [6.45, 7) is 2.19. The Hall–Kier alpha value is -2.80. The van der Waals surface area contributed by atoms with Gasteiger partial charge >= 0.3 is 0 Å². The number of fused-ring (bicyclic) bond motifs is 2. The number of hydrogen-bond donors (Lipinski definition) is 2. The summed E-state index contributed by atoms with van der Waals surface area (Å²) in [6, 6.07) is 7.11. The lowest BCUT2D eigenvalue weighted by molar-refractivity contribution is 0.0999. The molecule has 0 saturated heterocycles. The number of primary amides is 1.